The Kier molecular flexibility index (Phi) is 15.6. The third-order valence-electron chi connectivity index (χ3n) is 4.35. The Labute approximate surface area is 151 Å². The predicted octanol–water partition coefficient (Wildman–Crippen LogP) is 6.06. The SMILES string of the molecule is CCCCCCCCCCCCCCCCC(=O)OC[N+](C)(C)C. The first-order valence-corrected chi connectivity index (χ1v) is 10.4. The highest BCUT2D eigenvalue weighted by molar-refractivity contribution is 5.69. The molecule has 0 saturated carbocycles. The van der Waals surface area contributed by atoms with Gasteiger partial charge >= 0.3 is 5.97 Å². The van der Waals surface area contributed by atoms with E-state index in [1.165, 1.54) is 77.0 Å². The topological polar surface area (TPSA) is 26.3 Å². The molecular weight excluding hydrogens is 298 g/mol. The van der Waals surface area contributed by atoms with Crippen molar-refractivity contribution in [3.8, 4) is 0 Å². The molecule has 0 aromatic rings. The van der Waals surface area contributed by atoms with Crippen molar-refractivity contribution < 1.29 is 14.0 Å². The van der Waals surface area contributed by atoms with Gasteiger partial charge in [0.15, 0.2) is 0 Å². The number of hydrogen-bond donors (Lipinski definition) is 0. The molecule has 0 radical (unpaired) electrons. The van der Waals surface area contributed by atoms with E-state index in [-0.39, 0.29) is 5.97 Å². The van der Waals surface area contributed by atoms with Gasteiger partial charge in [-0.05, 0) is 6.42 Å². The summed E-state index contributed by atoms with van der Waals surface area (Å²) in [5.74, 6) is -0.0398. The molecule has 0 fully saturated rings. The van der Waals surface area contributed by atoms with Crippen LogP contribution in [0.5, 0.6) is 0 Å². The number of nitrogens with zero attached hydrogens (tertiary/aromatic N) is 1. The Hall–Kier alpha value is -0.570. The standard InChI is InChI=1S/C21H44NO2/c1-5-6-7-8-9-10-11-12-13-14-15-16-17-18-19-21(23)24-20-22(2,3)4/h5-20H2,1-4H3/q+1. The Morgan fingerprint density at radius 1 is 0.667 bits per heavy atom. The number of carbonyl (C=O) groups excluding carboxylic acids is 1. The van der Waals surface area contributed by atoms with Gasteiger partial charge in [-0.25, -0.2) is 0 Å². The summed E-state index contributed by atoms with van der Waals surface area (Å²) in [5, 5.41) is 0. The number of carbonyl (C=O) groups is 1. The van der Waals surface area contributed by atoms with Crippen LogP contribution < -0.4 is 0 Å². The van der Waals surface area contributed by atoms with Gasteiger partial charge in [-0.15, -0.1) is 0 Å². The molecule has 0 saturated heterocycles. The van der Waals surface area contributed by atoms with Crippen LogP contribution in [-0.2, 0) is 9.53 Å². The average molecular weight is 343 g/mol. The van der Waals surface area contributed by atoms with Crippen LogP contribution in [0, 0.1) is 0 Å². The molecule has 0 spiro atoms. The van der Waals surface area contributed by atoms with Gasteiger partial charge < -0.3 is 4.74 Å². The third kappa shape index (κ3) is 19.5. The molecule has 0 aliphatic rings. The lowest BCUT2D eigenvalue weighted by Crippen LogP contribution is -2.37. The maximum absolute atomic E-state index is 11.6. The minimum Gasteiger partial charge on any atom is -0.415 e. The Bertz CT molecular complexity index is 284. The molecule has 0 unspecified atom stereocenters. The van der Waals surface area contributed by atoms with Crippen LogP contribution in [0.25, 0.3) is 0 Å². The van der Waals surface area contributed by atoms with E-state index in [0.717, 1.165) is 12.8 Å². The van der Waals surface area contributed by atoms with E-state index in [0.29, 0.717) is 17.6 Å². The van der Waals surface area contributed by atoms with Gasteiger partial charge in [-0.2, -0.15) is 0 Å². The highest BCUT2D eigenvalue weighted by Gasteiger charge is 2.10. The molecule has 0 aromatic heterocycles. The smallest absolute Gasteiger partial charge is 0.310 e. The summed E-state index contributed by atoms with van der Waals surface area (Å²) in [4.78, 5) is 11.6. The summed E-state index contributed by atoms with van der Waals surface area (Å²) >= 11 is 0. The highest BCUT2D eigenvalue weighted by Crippen LogP contribution is 2.13. The molecule has 144 valence electrons. The molecule has 0 heterocycles. The van der Waals surface area contributed by atoms with Gasteiger partial charge in [-0.3, -0.25) is 9.28 Å². The monoisotopic (exact) mass is 342 g/mol. The fraction of sp³-hybridized carbons (Fsp3) is 0.952. The second-order valence-corrected chi connectivity index (χ2v) is 8.28. The largest absolute Gasteiger partial charge is 0.415 e. The summed E-state index contributed by atoms with van der Waals surface area (Å²) in [7, 11) is 6.08. The molecule has 0 amide bonds. The van der Waals surface area contributed by atoms with E-state index in [4.69, 9.17) is 4.74 Å². The quantitative estimate of drug-likeness (QED) is 0.139. The van der Waals surface area contributed by atoms with E-state index in [1.54, 1.807) is 0 Å². The first-order chi connectivity index (χ1) is 11.5. The van der Waals surface area contributed by atoms with E-state index >= 15 is 0 Å². The van der Waals surface area contributed by atoms with Crippen molar-refractivity contribution in [1.29, 1.82) is 0 Å². The van der Waals surface area contributed by atoms with Crippen molar-refractivity contribution in [1.82, 2.24) is 0 Å². The Balaban J connectivity index is 3.16. The molecule has 0 bridgehead atoms. The third-order valence-corrected chi connectivity index (χ3v) is 4.35. The van der Waals surface area contributed by atoms with Crippen molar-refractivity contribution in [3.63, 3.8) is 0 Å². The lowest BCUT2D eigenvalue weighted by Gasteiger charge is -2.22. The van der Waals surface area contributed by atoms with Crippen LogP contribution in [0.1, 0.15) is 103 Å². The Morgan fingerprint density at radius 2 is 1.04 bits per heavy atom. The van der Waals surface area contributed by atoms with Gasteiger partial charge in [0.2, 0.25) is 6.73 Å². The van der Waals surface area contributed by atoms with Crippen LogP contribution in [0.3, 0.4) is 0 Å². The number of hydrogen-bond acceptors (Lipinski definition) is 2. The molecular formula is C21H44NO2+. The molecule has 0 atom stereocenters. The van der Waals surface area contributed by atoms with Crippen molar-refractivity contribution in [2.45, 2.75) is 103 Å². The van der Waals surface area contributed by atoms with Crippen LogP contribution in [-0.4, -0.2) is 38.3 Å². The number of quaternary nitrogens is 1. The van der Waals surface area contributed by atoms with Crippen LogP contribution >= 0.6 is 0 Å². The lowest BCUT2D eigenvalue weighted by atomic mass is 10.0. The van der Waals surface area contributed by atoms with E-state index in [1.807, 2.05) is 21.1 Å². The summed E-state index contributed by atoms with van der Waals surface area (Å²) < 4.78 is 5.92. The van der Waals surface area contributed by atoms with E-state index < -0.39 is 0 Å². The number of rotatable bonds is 17. The van der Waals surface area contributed by atoms with E-state index in [9.17, 15) is 4.79 Å². The fourth-order valence-electron chi connectivity index (χ4n) is 2.80. The second-order valence-electron chi connectivity index (χ2n) is 8.28. The first kappa shape index (κ1) is 23.4. The zero-order valence-electron chi connectivity index (χ0n) is 17.1. The number of esters is 1. The summed E-state index contributed by atoms with van der Waals surface area (Å²) in [6.07, 6.45) is 19.4. The highest BCUT2D eigenvalue weighted by atomic mass is 16.5. The normalized spacial score (nSPS) is 11.7. The van der Waals surface area contributed by atoms with Gasteiger partial charge in [0.1, 0.15) is 0 Å². The minimum absolute atomic E-state index is 0.0398. The van der Waals surface area contributed by atoms with Gasteiger partial charge in [0, 0.05) is 6.42 Å². The first-order valence-electron chi connectivity index (χ1n) is 10.4. The zero-order chi connectivity index (χ0) is 18.1. The van der Waals surface area contributed by atoms with Gasteiger partial charge in [0.05, 0.1) is 21.1 Å². The molecule has 3 nitrogen and oxygen atoms in total. The van der Waals surface area contributed by atoms with Gasteiger partial charge in [0.25, 0.3) is 0 Å². The predicted molar refractivity (Wildman–Crippen MR) is 104 cm³/mol. The molecule has 0 aliphatic heterocycles. The van der Waals surface area contributed by atoms with Crippen molar-refractivity contribution in [2.75, 3.05) is 27.9 Å². The summed E-state index contributed by atoms with van der Waals surface area (Å²) in [6.45, 7) is 2.75. The molecule has 0 aliphatic carbocycles. The lowest BCUT2D eigenvalue weighted by molar-refractivity contribution is -0.888. The molecule has 0 N–H and O–H groups in total. The van der Waals surface area contributed by atoms with Crippen molar-refractivity contribution in [3.05, 3.63) is 0 Å². The molecule has 24 heavy (non-hydrogen) atoms. The van der Waals surface area contributed by atoms with Crippen LogP contribution in [0.2, 0.25) is 0 Å². The maximum Gasteiger partial charge on any atom is 0.310 e. The minimum atomic E-state index is -0.0398. The second kappa shape index (κ2) is 15.9. The molecule has 0 aromatic carbocycles. The van der Waals surface area contributed by atoms with Gasteiger partial charge in [-0.1, -0.05) is 90.4 Å². The van der Waals surface area contributed by atoms with Crippen LogP contribution in [0.15, 0.2) is 0 Å². The van der Waals surface area contributed by atoms with Crippen LogP contribution in [0.4, 0.5) is 0 Å². The van der Waals surface area contributed by atoms with Crippen molar-refractivity contribution >= 4 is 5.97 Å². The van der Waals surface area contributed by atoms with Crippen molar-refractivity contribution in [2.24, 2.45) is 0 Å². The zero-order valence-corrected chi connectivity index (χ0v) is 17.1. The molecule has 3 heteroatoms. The van der Waals surface area contributed by atoms with E-state index in [2.05, 4.69) is 6.92 Å². The number of unbranched alkanes of at least 4 members (excludes halogenated alkanes) is 13. The molecule has 0 rings (SSSR count). The summed E-state index contributed by atoms with van der Waals surface area (Å²) in [5.41, 5.74) is 0. The summed E-state index contributed by atoms with van der Waals surface area (Å²) in [6, 6.07) is 0. The average Bonchev–Trinajstić information content (AvgIpc) is 2.52. The Morgan fingerprint density at radius 3 is 1.42 bits per heavy atom. The number of ether oxygens (including phenoxy) is 1. The fourth-order valence-corrected chi connectivity index (χ4v) is 2.80. The maximum atomic E-state index is 11.6.